The largest absolute Gasteiger partial charge is 1.00 e. The van der Waals surface area contributed by atoms with Crippen molar-refractivity contribution in [1.82, 2.24) is 14.9 Å². The Kier molecular flexibility index (Phi) is 7.04. The Balaban J connectivity index is 0.00000336. The first-order valence-electron chi connectivity index (χ1n) is 11.6. The van der Waals surface area contributed by atoms with Gasteiger partial charge in [0.05, 0.1) is 23.0 Å². The number of alkyl halides is 2. The number of halogens is 2. The Morgan fingerprint density at radius 3 is 2.45 bits per heavy atom. The monoisotopic (exact) mass is 508 g/mol. The molecule has 7 nitrogen and oxygen atoms in total. The Hall–Kier alpha value is -3.80. The zero-order chi connectivity index (χ0) is 26.6. The second kappa shape index (κ2) is 9.82. The van der Waals surface area contributed by atoms with Gasteiger partial charge in [-0.15, -0.1) is 0 Å². The third-order valence-corrected chi connectivity index (χ3v) is 6.73. The number of carbonyl (C=O) groups is 2. The Morgan fingerprint density at radius 2 is 1.79 bits per heavy atom. The van der Waals surface area contributed by atoms with Crippen molar-refractivity contribution in [3.05, 3.63) is 77.2 Å². The molecule has 0 saturated carbocycles. The maximum Gasteiger partial charge on any atom is 1.00 e. The van der Waals surface area contributed by atoms with E-state index >= 15 is 0 Å². The van der Waals surface area contributed by atoms with Gasteiger partial charge in [-0.25, -0.2) is 13.6 Å². The van der Waals surface area contributed by atoms with Crippen LogP contribution in [0.1, 0.15) is 34.1 Å². The van der Waals surface area contributed by atoms with E-state index in [0.717, 1.165) is 28.8 Å². The van der Waals surface area contributed by atoms with E-state index in [2.05, 4.69) is 9.97 Å². The minimum Gasteiger partial charge on any atom is -0.543 e. The summed E-state index contributed by atoms with van der Waals surface area (Å²) in [6.45, 7) is 2.76. The number of benzene rings is 2. The summed E-state index contributed by atoms with van der Waals surface area (Å²) in [5.41, 5.74) is 3.93. The number of carbonyl (C=O) groups excluding carboxylic acids is 2. The second-order valence-corrected chi connectivity index (χ2v) is 9.38. The van der Waals surface area contributed by atoms with E-state index in [1.54, 1.807) is 38.2 Å². The molecule has 2 aromatic carbocycles. The Bertz CT molecular complexity index is 1600. The van der Waals surface area contributed by atoms with Crippen LogP contribution in [-0.4, -0.2) is 41.0 Å². The molecule has 0 aliphatic carbocycles. The number of carboxylic acids is 1. The van der Waals surface area contributed by atoms with Crippen molar-refractivity contribution in [2.24, 2.45) is 0 Å². The fourth-order valence-corrected chi connectivity index (χ4v) is 4.77. The van der Waals surface area contributed by atoms with E-state index in [1.807, 2.05) is 24.3 Å². The van der Waals surface area contributed by atoms with Crippen LogP contribution in [0, 0.1) is 6.92 Å². The number of pyridine rings is 2. The molecule has 0 N–H and O–H groups in total. The molecule has 2 amide bonds. The van der Waals surface area contributed by atoms with E-state index in [4.69, 9.17) is 0 Å². The van der Waals surface area contributed by atoms with Gasteiger partial charge in [-0.3, -0.25) is 14.9 Å². The molecule has 2 aromatic heterocycles. The van der Waals surface area contributed by atoms with Gasteiger partial charge in [0.1, 0.15) is 0 Å². The predicted octanol–water partition coefficient (Wildman–Crippen LogP) is 1.75. The molecule has 4 aromatic rings. The molecule has 0 saturated heterocycles. The molecule has 10 heteroatoms. The van der Waals surface area contributed by atoms with Crippen molar-refractivity contribution in [2.75, 3.05) is 19.0 Å². The summed E-state index contributed by atoms with van der Waals surface area (Å²) in [5, 5.41) is 12.8. The van der Waals surface area contributed by atoms with Gasteiger partial charge in [-0.1, -0.05) is 18.2 Å². The van der Waals surface area contributed by atoms with Crippen LogP contribution >= 0.6 is 0 Å². The number of hydrogen-bond acceptors (Lipinski definition) is 5. The number of amides is 2. The van der Waals surface area contributed by atoms with E-state index in [-0.39, 0.29) is 42.7 Å². The number of anilines is 1. The minimum atomic E-state index is -3.10. The second-order valence-electron chi connectivity index (χ2n) is 9.38. The Morgan fingerprint density at radius 1 is 1.05 bits per heavy atom. The standard InChI is InChI=1S/C28H24F2N4O3.Li/c1-15-8-17(12-32-25(15)26(35)36)23-9-16-6-5-7-19(21(16)13-31-23)20-10-18(28(2,29)30)11-24-22(20)14-33(3)27(37)34(24)4;/h5-13H,14H2,1-4H3,(H,35,36);/q;+1/p-1. The normalized spacial score (nSPS) is 13.4. The van der Waals surface area contributed by atoms with Crippen LogP contribution in [-0.2, 0) is 12.5 Å². The first-order chi connectivity index (χ1) is 17.5. The average molecular weight is 508 g/mol. The van der Waals surface area contributed by atoms with E-state index in [9.17, 15) is 23.5 Å². The fraction of sp³-hybridized carbons (Fsp3) is 0.214. The molecule has 0 unspecified atom stereocenters. The number of fused-ring (bicyclic) bond motifs is 2. The molecule has 188 valence electrons. The molecular weight excluding hydrogens is 485 g/mol. The fourth-order valence-electron chi connectivity index (χ4n) is 4.77. The third-order valence-electron chi connectivity index (χ3n) is 6.73. The molecule has 0 atom stereocenters. The summed E-state index contributed by atoms with van der Waals surface area (Å²) >= 11 is 0. The van der Waals surface area contributed by atoms with Gasteiger partial charge < -0.3 is 14.8 Å². The van der Waals surface area contributed by atoms with Crippen molar-refractivity contribution in [3.8, 4) is 22.4 Å². The van der Waals surface area contributed by atoms with Gasteiger partial charge in [0, 0.05) is 62.0 Å². The van der Waals surface area contributed by atoms with Gasteiger partial charge >= 0.3 is 24.9 Å². The smallest absolute Gasteiger partial charge is 0.543 e. The van der Waals surface area contributed by atoms with Crippen LogP contribution in [0.2, 0.25) is 0 Å². The molecule has 1 aliphatic heterocycles. The molecule has 0 spiro atoms. The molecule has 0 radical (unpaired) electrons. The first-order valence-corrected chi connectivity index (χ1v) is 11.6. The summed E-state index contributed by atoms with van der Waals surface area (Å²) in [7, 11) is 3.25. The van der Waals surface area contributed by atoms with Crippen LogP contribution in [0.15, 0.2) is 54.9 Å². The zero-order valence-electron chi connectivity index (χ0n) is 21.7. The van der Waals surface area contributed by atoms with Crippen molar-refractivity contribution >= 4 is 28.5 Å². The van der Waals surface area contributed by atoms with Crippen molar-refractivity contribution in [2.45, 2.75) is 26.3 Å². The van der Waals surface area contributed by atoms with E-state index in [1.165, 1.54) is 23.2 Å². The number of aromatic nitrogens is 2. The van der Waals surface area contributed by atoms with Crippen molar-refractivity contribution in [1.29, 1.82) is 0 Å². The van der Waals surface area contributed by atoms with Crippen molar-refractivity contribution < 1.29 is 42.3 Å². The van der Waals surface area contributed by atoms with Gasteiger partial charge in [-0.05, 0) is 53.3 Å². The van der Waals surface area contributed by atoms with Crippen LogP contribution in [0.5, 0.6) is 0 Å². The number of urea groups is 1. The number of carboxylic acid groups (broad SMARTS) is 1. The number of aryl methyl sites for hydroxylation is 1. The quantitative estimate of drug-likeness (QED) is 0.392. The number of aromatic carboxylic acids is 1. The molecule has 3 heterocycles. The van der Waals surface area contributed by atoms with Gasteiger partial charge in [-0.2, -0.15) is 0 Å². The van der Waals surface area contributed by atoms with Gasteiger partial charge in [0.25, 0.3) is 5.92 Å². The first kappa shape index (κ1) is 27.2. The molecule has 1 aliphatic rings. The molecular formula is C28H23F2LiN4O3. The van der Waals surface area contributed by atoms with Gasteiger partial charge in [0.2, 0.25) is 0 Å². The number of nitrogens with zero attached hydrogens (tertiary/aromatic N) is 4. The Labute approximate surface area is 230 Å². The van der Waals surface area contributed by atoms with Crippen LogP contribution in [0.25, 0.3) is 33.2 Å². The summed E-state index contributed by atoms with van der Waals surface area (Å²) in [4.78, 5) is 35.3. The summed E-state index contributed by atoms with van der Waals surface area (Å²) in [5.74, 6) is -4.45. The average Bonchev–Trinajstić information content (AvgIpc) is 2.85. The van der Waals surface area contributed by atoms with E-state index < -0.39 is 11.9 Å². The van der Waals surface area contributed by atoms with E-state index in [0.29, 0.717) is 28.1 Å². The minimum absolute atomic E-state index is 0. The maximum atomic E-state index is 14.5. The van der Waals surface area contributed by atoms with Crippen molar-refractivity contribution in [3.63, 3.8) is 0 Å². The SMILES string of the molecule is Cc1cc(-c2cc3cccc(-c4cc(C(C)(F)F)cc5c4CN(C)C(=O)N5C)c3cn2)cnc1C(=O)[O-].[Li+]. The van der Waals surface area contributed by atoms with Crippen LogP contribution in [0.3, 0.4) is 0 Å². The molecule has 0 fully saturated rings. The third kappa shape index (κ3) is 4.64. The summed E-state index contributed by atoms with van der Waals surface area (Å²) < 4.78 is 29.0. The summed E-state index contributed by atoms with van der Waals surface area (Å²) in [6, 6.07) is 11.7. The molecule has 0 bridgehead atoms. The predicted molar refractivity (Wildman–Crippen MR) is 134 cm³/mol. The topological polar surface area (TPSA) is 89.5 Å². The molecule has 5 rings (SSSR count). The summed E-state index contributed by atoms with van der Waals surface area (Å²) in [6.07, 6.45) is 3.11. The molecule has 38 heavy (non-hydrogen) atoms. The van der Waals surface area contributed by atoms with Gasteiger partial charge in [0.15, 0.2) is 0 Å². The maximum absolute atomic E-state index is 14.5. The zero-order valence-corrected chi connectivity index (χ0v) is 21.7. The number of rotatable bonds is 4. The van der Waals surface area contributed by atoms with Crippen LogP contribution < -0.4 is 28.9 Å². The van der Waals surface area contributed by atoms with Crippen LogP contribution in [0.4, 0.5) is 19.3 Å². The number of hydrogen-bond donors (Lipinski definition) is 0.